The number of carbonyl (C=O) groups is 1. The van der Waals surface area contributed by atoms with Crippen molar-refractivity contribution in [1.29, 1.82) is 0 Å². The largest absolute Gasteiger partial charge is 0.325 e. The van der Waals surface area contributed by atoms with Crippen LogP contribution in [0.1, 0.15) is 11.1 Å². The summed E-state index contributed by atoms with van der Waals surface area (Å²) in [5, 5.41) is 20.1. The van der Waals surface area contributed by atoms with Crippen LogP contribution < -0.4 is 5.32 Å². The maximum absolute atomic E-state index is 12.9. The summed E-state index contributed by atoms with van der Waals surface area (Å²) in [6.45, 7) is 1.02. The summed E-state index contributed by atoms with van der Waals surface area (Å²) in [5.74, 6) is 0.409. The fourth-order valence-corrected chi connectivity index (χ4v) is 3.71. The first kappa shape index (κ1) is 21.3. The van der Waals surface area contributed by atoms with E-state index < -0.39 is 0 Å². The molecular weight excluding hydrogens is 468 g/mol. The van der Waals surface area contributed by atoms with Crippen LogP contribution in [0.15, 0.2) is 58.3 Å². The summed E-state index contributed by atoms with van der Waals surface area (Å²) in [6, 6.07) is 10.8. The Balaban J connectivity index is 1.42. The molecule has 2 heterocycles. The molecule has 0 bridgehead atoms. The van der Waals surface area contributed by atoms with E-state index in [9.17, 15) is 4.79 Å². The molecule has 31 heavy (non-hydrogen) atoms. The van der Waals surface area contributed by atoms with Gasteiger partial charge >= 0.3 is 0 Å². The molecule has 1 aliphatic rings. The van der Waals surface area contributed by atoms with Gasteiger partial charge in [0.2, 0.25) is 11.9 Å². The summed E-state index contributed by atoms with van der Waals surface area (Å²) in [5.41, 5.74) is 3.79. The van der Waals surface area contributed by atoms with E-state index in [1.165, 1.54) is 0 Å². The van der Waals surface area contributed by atoms with Gasteiger partial charge in [-0.3, -0.25) is 35.1 Å². The van der Waals surface area contributed by atoms with Crippen molar-refractivity contribution in [1.82, 2.24) is 20.3 Å². The first-order valence-electron chi connectivity index (χ1n) is 9.41. The maximum atomic E-state index is 12.9. The van der Waals surface area contributed by atoms with Crippen LogP contribution in [0.5, 0.6) is 0 Å². The predicted molar refractivity (Wildman–Crippen MR) is 115 cm³/mol. The lowest BCUT2D eigenvalue weighted by Crippen LogP contribution is -2.39. The molecule has 0 saturated heterocycles. The molecule has 0 aliphatic carbocycles. The molecular formula is C20H19BrN6O4. The van der Waals surface area contributed by atoms with E-state index in [0.717, 1.165) is 32.3 Å². The van der Waals surface area contributed by atoms with Crippen molar-refractivity contribution in [3.63, 3.8) is 0 Å². The molecule has 11 heteroatoms. The quantitative estimate of drug-likeness (QED) is 0.454. The van der Waals surface area contributed by atoms with E-state index in [4.69, 9.17) is 10.4 Å². The molecule has 0 radical (unpaired) electrons. The highest BCUT2D eigenvalue weighted by atomic mass is 79.9. The van der Waals surface area contributed by atoms with E-state index in [-0.39, 0.29) is 24.3 Å². The van der Waals surface area contributed by atoms with Crippen LogP contribution in [-0.2, 0) is 22.7 Å². The second kappa shape index (κ2) is 9.45. The number of fused-ring (bicyclic) bond motifs is 1. The molecule has 3 N–H and O–H groups in total. The third kappa shape index (κ3) is 5.03. The second-order valence-electron chi connectivity index (χ2n) is 6.75. The normalized spacial score (nSPS) is 13.7. The van der Waals surface area contributed by atoms with E-state index in [2.05, 4.69) is 41.0 Å². The first-order chi connectivity index (χ1) is 15.0. The average molecular weight is 487 g/mol. The lowest BCUT2D eigenvalue weighted by molar-refractivity contribution is -0.497. The van der Waals surface area contributed by atoms with E-state index in [1.54, 1.807) is 41.6 Å². The van der Waals surface area contributed by atoms with E-state index >= 15 is 0 Å². The third-order valence-electron chi connectivity index (χ3n) is 4.69. The lowest BCUT2D eigenvalue weighted by Gasteiger charge is -2.20. The third-order valence-corrected chi connectivity index (χ3v) is 5.49. The standard InChI is InChI=1S/C20H19BrN6O4/c21-18-15(5-6-16-19(18)23-8-7-22-16)25-20-24-9-10-26(20)17(28)11-13-1-3-14(4-2-13)12-31-27(29)30/h1-8,29-30H,9-12H2,(H,24,25). The Bertz CT molecular complexity index is 1120. The SMILES string of the molecule is O=C(Cc1ccc(CON(O)O)cc1)N1CCN=C1Nc1ccc2nccnc2c1Br. The Morgan fingerprint density at radius 2 is 1.87 bits per heavy atom. The Morgan fingerprint density at radius 1 is 1.13 bits per heavy atom. The van der Waals surface area contributed by atoms with Crippen molar-refractivity contribution in [3.8, 4) is 0 Å². The Labute approximate surface area is 185 Å². The van der Waals surface area contributed by atoms with Gasteiger partial charge in [0.25, 0.3) is 0 Å². The monoisotopic (exact) mass is 486 g/mol. The fourth-order valence-electron chi connectivity index (χ4n) is 3.17. The van der Waals surface area contributed by atoms with Crippen LogP contribution in [0.4, 0.5) is 5.69 Å². The maximum Gasteiger partial charge on any atom is 0.233 e. The summed E-state index contributed by atoms with van der Waals surface area (Å²) in [7, 11) is 0. The molecule has 0 atom stereocenters. The number of hydrogen-bond acceptors (Lipinski definition) is 9. The molecule has 0 saturated carbocycles. The van der Waals surface area contributed by atoms with Gasteiger partial charge in [-0.25, -0.2) is 4.84 Å². The Hall–Kier alpha value is -2.96. The van der Waals surface area contributed by atoms with Gasteiger partial charge in [-0.2, -0.15) is 0 Å². The number of benzene rings is 2. The van der Waals surface area contributed by atoms with Gasteiger partial charge in [-0.15, -0.1) is 0 Å². The van der Waals surface area contributed by atoms with Crippen LogP contribution in [0.3, 0.4) is 0 Å². The molecule has 3 aromatic rings. The Kier molecular flexibility index (Phi) is 6.49. The summed E-state index contributed by atoms with van der Waals surface area (Å²) in [4.78, 5) is 32.1. The molecule has 10 nitrogen and oxygen atoms in total. The summed E-state index contributed by atoms with van der Waals surface area (Å²) < 4.78 is 0.752. The van der Waals surface area contributed by atoms with Crippen LogP contribution in [-0.4, -0.2) is 55.6 Å². The van der Waals surface area contributed by atoms with Crippen LogP contribution >= 0.6 is 15.9 Å². The van der Waals surface area contributed by atoms with Gasteiger partial charge in [0.05, 0.1) is 40.6 Å². The van der Waals surface area contributed by atoms with Gasteiger partial charge in [0.15, 0.2) is 0 Å². The van der Waals surface area contributed by atoms with Crippen molar-refractivity contribution in [2.75, 3.05) is 18.4 Å². The second-order valence-corrected chi connectivity index (χ2v) is 7.54. The highest BCUT2D eigenvalue weighted by Crippen LogP contribution is 2.29. The summed E-state index contributed by atoms with van der Waals surface area (Å²) >= 11 is 3.56. The lowest BCUT2D eigenvalue weighted by atomic mass is 10.1. The number of rotatable bonds is 6. The number of amides is 1. The van der Waals surface area contributed by atoms with Crippen LogP contribution in [0.25, 0.3) is 11.0 Å². The number of guanidine groups is 1. The number of halogens is 1. The first-order valence-corrected chi connectivity index (χ1v) is 10.2. The van der Waals surface area contributed by atoms with Gasteiger partial charge in [0.1, 0.15) is 5.52 Å². The van der Waals surface area contributed by atoms with Crippen LogP contribution in [0.2, 0.25) is 0 Å². The zero-order chi connectivity index (χ0) is 21.8. The zero-order valence-corrected chi connectivity index (χ0v) is 17.9. The minimum atomic E-state index is -0.334. The van der Waals surface area contributed by atoms with Gasteiger partial charge in [-0.1, -0.05) is 24.3 Å². The predicted octanol–water partition coefficient (Wildman–Crippen LogP) is 2.76. The average Bonchev–Trinajstić information content (AvgIpc) is 3.24. The van der Waals surface area contributed by atoms with Crippen molar-refractivity contribution in [3.05, 3.63) is 64.4 Å². The number of aromatic nitrogens is 2. The fraction of sp³-hybridized carbons (Fsp3) is 0.200. The van der Waals surface area contributed by atoms with E-state index in [1.807, 2.05) is 12.1 Å². The van der Waals surface area contributed by atoms with Gasteiger partial charge < -0.3 is 5.32 Å². The van der Waals surface area contributed by atoms with Crippen LogP contribution in [0, 0.1) is 0 Å². The number of carbonyl (C=O) groups excluding carboxylic acids is 1. The molecule has 0 fully saturated rings. The minimum Gasteiger partial charge on any atom is -0.325 e. The molecule has 1 aliphatic heterocycles. The van der Waals surface area contributed by atoms with E-state index in [0.29, 0.717) is 19.0 Å². The molecule has 4 rings (SSSR count). The van der Waals surface area contributed by atoms with Gasteiger partial charge in [0, 0.05) is 18.9 Å². The minimum absolute atomic E-state index is 0.000903. The smallest absolute Gasteiger partial charge is 0.233 e. The molecule has 2 aromatic carbocycles. The van der Waals surface area contributed by atoms with Crippen molar-refractivity contribution in [2.24, 2.45) is 4.99 Å². The number of hydrogen-bond donors (Lipinski definition) is 3. The van der Waals surface area contributed by atoms with Crippen molar-refractivity contribution >= 4 is 44.5 Å². The molecule has 160 valence electrons. The molecule has 0 unspecified atom stereocenters. The zero-order valence-electron chi connectivity index (χ0n) is 16.3. The highest BCUT2D eigenvalue weighted by molar-refractivity contribution is 9.10. The number of nitrogens with one attached hydrogen (secondary N) is 1. The number of aliphatic imine (C=N–C) groups is 1. The Morgan fingerprint density at radius 3 is 2.65 bits per heavy atom. The highest BCUT2D eigenvalue weighted by Gasteiger charge is 2.24. The van der Waals surface area contributed by atoms with Crippen molar-refractivity contribution < 1.29 is 20.0 Å². The molecule has 1 amide bonds. The molecule has 0 spiro atoms. The molecule has 1 aromatic heterocycles. The number of nitrogens with zero attached hydrogens (tertiary/aromatic N) is 5. The topological polar surface area (TPSA) is 123 Å². The van der Waals surface area contributed by atoms with Gasteiger partial charge in [-0.05, 0) is 39.2 Å². The van der Waals surface area contributed by atoms with Crippen molar-refractivity contribution in [2.45, 2.75) is 13.0 Å². The summed E-state index contributed by atoms with van der Waals surface area (Å²) in [6.07, 6.45) is 3.47. The number of anilines is 1.